The molecule has 0 saturated carbocycles. The molecule has 2 heterocycles. The number of benzene rings is 1. The first-order chi connectivity index (χ1) is 12.2. The highest BCUT2D eigenvalue weighted by Crippen LogP contribution is 2.32. The van der Waals surface area contributed by atoms with Gasteiger partial charge < -0.3 is 10.2 Å². The van der Waals surface area contributed by atoms with Gasteiger partial charge in [-0.2, -0.15) is 5.10 Å². The van der Waals surface area contributed by atoms with E-state index in [1.807, 2.05) is 10.7 Å². The van der Waals surface area contributed by atoms with E-state index in [9.17, 15) is 0 Å². The summed E-state index contributed by atoms with van der Waals surface area (Å²) in [4.78, 5) is 7.33. The summed E-state index contributed by atoms with van der Waals surface area (Å²) >= 11 is 0. The summed E-state index contributed by atoms with van der Waals surface area (Å²) in [7, 11) is 0. The molecule has 0 amide bonds. The molecule has 0 aliphatic heterocycles. The number of rotatable bonds is 8. The van der Waals surface area contributed by atoms with E-state index in [2.05, 4.69) is 56.1 Å². The summed E-state index contributed by atoms with van der Waals surface area (Å²) in [6, 6.07) is 8.37. The van der Waals surface area contributed by atoms with Gasteiger partial charge in [-0.05, 0) is 32.5 Å². The zero-order chi connectivity index (χ0) is 17.8. The summed E-state index contributed by atoms with van der Waals surface area (Å²) in [6.07, 6.45) is 1.05. The lowest BCUT2D eigenvalue weighted by molar-refractivity contribution is 0.316. The number of hydrogen-bond acceptors (Lipinski definition) is 4. The normalized spacial score (nSPS) is 11.7. The molecule has 0 bridgehead atoms. The molecule has 1 N–H and O–H groups in total. The van der Waals surface area contributed by atoms with Crippen LogP contribution in [0, 0.1) is 6.92 Å². The fourth-order valence-electron chi connectivity index (χ4n) is 3.44. The molecule has 1 aromatic carbocycles. The van der Waals surface area contributed by atoms with Gasteiger partial charge in [0.05, 0.1) is 22.3 Å². The minimum atomic E-state index is 0.897. The lowest BCUT2D eigenvalue weighted by Crippen LogP contribution is -2.28. The van der Waals surface area contributed by atoms with Crippen molar-refractivity contribution in [3.8, 4) is 0 Å². The van der Waals surface area contributed by atoms with Crippen LogP contribution in [0.5, 0.6) is 0 Å². The molecule has 3 rings (SSSR count). The molecule has 3 aromatic rings. The van der Waals surface area contributed by atoms with Gasteiger partial charge in [-0.3, -0.25) is 0 Å². The smallest absolute Gasteiger partial charge is 0.160 e. The van der Waals surface area contributed by atoms with Gasteiger partial charge in [-0.1, -0.05) is 39.0 Å². The van der Waals surface area contributed by atoms with E-state index in [0.717, 1.165) is 61.4 Å². The minimum absolute atomic E-state index is 0.897. The Labute approximate surface area is 150 Å². The van der Waals surface area contributed by atoms with E-state index >= 15 is 0 Å². The maximum absolute atomic E-state index is 4.90. The monoisotopic (exact) mass is 339 g/mol. The van der Waals surface area contributed by atoms with Crippen molar-refractivity contribution in [3.05, 3.63) is 30.0 Å². The predicted octanol–water partition coefficient (Wildman–Crippen LogP) is 4.06. The average molecular weight is 339 g/mol. The molecular weight excluding hydrogens is 310 g/mol. The van der Waals surface area contributed by atoms with Crippen molar-refractivity contribution in [2.45, 2.75) is 40.7 Å². The Morgan fingerprint density at radius 3 is 2.60 bits per heavy atom. The van der Waals surface area contributed by atoms with Crippen LogP contribution in [0.4, 0.5) is 5.69 Å². The summed E-state index contributed by atoms with van der Waals surface area (Å²) in [5, 5.41) is 10.8. The number of aryl methyl sites for hydroxylation is 2. The van der Waals surface area contributed by atoms with Gasteiger partial charge >= 0.3 is 0 Å². The number of aromatic nitrogens is 3. The highest BCUT2D eigenvalue weighted by atomic mass is 15.3. The van der Waals surface area contributed by atoms with E-state index in [1.54, 1.807) is 0 Å². The quantitative estimate of drug-likeness (QED) is 0.672. The Hall–Kier alpha value is -2.14. The van der Waals surface area contributed by atoms with Crippen molar-refractivity contribution in [2.24, 2.45) is 0 Å². The van der Waals surface area contributed by atoms with Gasteiger partial charge in [-0.25, -0.2) is 9.67 Å². The number of para-hydroxylation sites is 1. The Kier molecular flexibility index (Phi) is 5.53. The maximum atomic E-state index is 4.90. The van der Waals surface area contributed by atoms with Crippen LogP contribution in [0.3, 0.4) is 0 Å². The second kappa shape index (κ2) is 7.83. The van der Waals surface area contributed by atoms with Crippen LogP contribution in [-0.2, 0) is 6.54 Å². The van der Waals surface area contributed by atoms with Crippen LogP contribution < -0.4 is 5.32 Å². The molecule has 2 aromatic heterocycles. The molecule has 0 aliphatic rings. The second-order valence-corrected chi connectivity index (χ2v) is 6.46. The molecule has 5 nitrogen and oxygen atoms in total. The van der Waals surface area contributed by atoms with Crippen molar-refractivity contribution >= 4 is 27.6 Å². The lowest BCUT2D eigenvalue weighted by atomic mass is 10.1. The molecule has 5 heteroatoms. The van der Waals surface area contributed by atoms with Crippen molar-refractivity contribution in [1.29, 1.82) is 0 Å². The highest BCUT2D eigenvalue weighted by molar-refractivity contribution is 6.07. The summed E-state index contributed by atoms with van der Waals surface area (Å²) in [5.41, 5.74) is 4.24. The Morgan fingerprint density at radius 1 is 1.12 bits per heavy atom. The van der Waals surface area contributed by atoms with Gasteiger partial charge in [-0.15, -0.1) is 0 Å². The molecular formula is C20H29N5. The van der Waals surface area contributed by atoms with Crippen LogP contribution >= 0.6 is 0 Å². The van der Waals surface area contributed by atoms with Crippen molar-refractivity contribution in [1.82, 2.24) is 19.7 Å². The number of pyridine rings is 1. The standard InChI is InChI=1S/C20H29N5/c1-5-13-25-20-18(15(4)23-25)19(21-12-14-24(6-2)7-3)16-10-8-9-11-17(16)22-20/h8-11H,5-7,12-14H2,1-4H3,(H,21,22). The predicted molar refractivity (Wildman–Crippen MR) is 106 cm³/mol. The van der Waals surface area contributed by atoms with E-state index in [1.165, 1.54) is 11.1 Å². The zero-order valence-corrected chi connectivity index (χ0v) is 15.8. The molecule has 25 heavy (non-hydrogen) atoms. The first-order valence-corrected chi connectivity index (χ1v) is 9.41. The molecule has 0 aliphatic carbocycles. The van der Waals surface area contributed by atoms with E-state index in [-0.39, 0.29) is 0 Å². The van der Waals surface area contributed by atoms with E-state index in [4.69, 9.17) is 10.1 Å². The number of likely N-dealkylation sites (N-methyl/N-ethyl adjacent to an activating group) is 1. The SMILES string of the molecule is CCCn1nc(C)c2c(NCCN(CC)CC)c3ccccc3nc21. The van der Waals surface area contributed by atoms with Crippen molar-refractivity contribution < 1.29 is 0 Å². The topological polar surface area (TPSA) is 46.0 Å². The maximum Gasteiger partial charge on any atom is 0.160 e. The van der Waals surface area contributed by atoms with Crippen LogP contribution in [0.15, 0.2) is 24.3 Å². The Morgan fingerprint density at radius 2 is 1.88 bits per heavy atom. The minimum Gasteiger partial charge on any atom is -0.383 e. The third kappa shape index (κ3) is 3.47. The van der Waals surface area contributed by atoms with Gasteiger partial charge in [0.25, 0.3) is 0 Å². The third-order valence-corrected chi connectivity index (χ3v) is 4.81. The van der Waals surface area contributed by atoms with Crippen LogP contribution in [0.2, 0.25) is 0 Å². The lowest BCUT2D eigenvalue weighted by Gasteiger charge is -2.19. The number of anilines is 1. The number of fused-ring (bicyclic) bond motifs is 2. The molecule has 0 radical (unpaired) electrons. The average Bonchev–Trinajstić information content (AvgIpc) is 2.94. The summed E-state index contributed by atoms with van der Waals surface area (Å²) in [5.74, 6) is 0. The second-order valence-electron chi connectivity index (χ2n) is 6.46. The van der Waals surface area contributed by atoms with Crippen LogP contribution in [-0.4, -0.2) is 45.8 Å². The van der Waals surface area contributed by atoms with Crippen molar-refractivity contribution in [2.75, 3.05) is 31.5 Å². The highest BCUT2D eigenvalue weighted by Gasteiger charge is 2.16. The molecule has 0 atom stereocenters. The van der Waals surface area contributed by atoms with Gasteiger partial charge in [0.15, 0.2) is 5.65 Å². The fraction of sp³-hybridized carbons (Fsp3) is 0.500. The Bertz CT molecular complexity index is 848. The van der Waals surface area contributed by atoms with Crippen molar-refractivity contribution in [3.63, 3.8) is 0 Å². The van der Waals surface area contributed by atoms with E-state index < -0.39 is 0 Å². The van der Waals surface area contributed by atoms with Gasteiger partial charge in [0.2, 0.25) is 0 Å². The number of nitrogens with zero attached hydrogens (tertiary/aromatic N) is 4. The molecule has 0 fully saturated rings. The molecule has 0 spiro atoms. The molecule has 0 unspecified atom stereocenters. The molecule has 134 valence electrons. The van der Waals surface area contributed by atoms with Gasteiger partial charge in [0.1, 0.15) is 0 Å². The summed E-state index contributed by atoms with van der Waals surface area (Å²) in [6.45, 7) is 13.7. The number of hydrogen-bond donors (Lipinski definition) is 1. The first kappa shape index (κ1) is 17.7. The summed E-state index contributed by atoms with van der Waals surface area (Å²) < 4.78 is 2.05. The third-order valence-electron chi connectivity index (χ3n) is 4.81. The fourth-order valence-corrected chi connectivity index (χ4v) is 3.44. The molecule has 0 saturated heterocycles. The Balaban J connectivity index is 2.06. The first-order valence-electron chi connectivity index (χ1n) is 9.41. The largest absolute Gasteiger partial charge is 0.383 e. The number of nitrogens with one attached hydrogen (secondary N) is 1. The van der Waals surface area contributed by atoms with Gasteiger partial charge in [0, 0.05) is 25.0 Å². The van der Waals surface area contributed by atoms with Crippen LogP contribution in [0.1, 0.15) is 32.9 Å². The van der Waals surface area contributed by atoms with Crippen LogP contribution in [0.25, 0.3) is 21.9 Å². The van der Waals surface area contributed by atoms with E-state index in [0.29, 0.717) is 0 Å². The zero-order valence-electron chi connectivity index (χ0n) is 15.8.